The van der Waals surface area contributed by atoms with Crippen molar-refractivity contribution in [3.8, 4) is 11.5 Å². The number of hydrogen-bond acceptors (Lipinski definition) is 3. The van der Waals surface area contributed by atoms with Gasteiger partial charge in [0.05, 0.1) is 19.3 Å². The van der Waals surface area contributed by atoms with Gasteiger partial charge in [-0.15, -0.1) is 0 Å². The highest BCUT2D eigenvalue weighted by molar-refractivity contribution is 5.37. The van der Waals surface area contributed by atoms with E-state index in [9.17, 15) is 5.11 Å². The molecule has 1 N–H and O–H groups in total. The maximum absolute atomic E-state index is 10.3. The summed E-state index contributed by atoms with van der Waals surface area (Å²) in [7, 11) is 1.69. The van der Waals surface area contributed by atoms with Crippen molar-refractivity contribution in [1.29, 1.82) is 0 Å². The molecule has 0 amide bonds. The van der Waals surface area contributed by atoms with Crippen LogP contribution in [-0.4, -0.2) is 24.4 Å². The van der Waals surface area contributed by atoms with Crippen LogP contribution in [0.5, 0.6) is 11.5 Å². The first kappa shape index (κ1) is 22.1. The average molecular weight is 377 g/mol. The van der Waals surface area contributed by atoms with Gasteiger partial charge in [0, 0.05) is 6.07 Å². The van der Waals surface area contributed by atoms with E-state index >= 15 is 0 Å². The minimum Gasteiger partial charge on any atom is -0.497 e. The molecule has 0 radical (unpaired) electrons. The highest BCUT2D eigenvalue weighted by Crippen LogP contribution is 2.55. The molecule has 2 rings (SSSR count). The summed E-state index contributed by atoms with van der Waals surface area (Å²) in [6.45, 7) is 13.9. The highest BCUT2D eigenvalue weighted by Gasteiger charge is 2.46. The van der Waals surface area contributed by atoms with Gasteiger partial charge in [-0.25, -0.2) is 0 Å². The van der Waals surface area contributed by atoms with Crippen LogP contribution in [0.3, 0.4) is 0 Å². The fraction of sp³-hybridized carbons (Fsp3) is 0.750. The standard InChI is InChI=1S/C24H40O3/c1-18-15-19(26-7)17-20(16-18)27-14-13-24(6)11-8-10-22(2,3)21(24)9-12-23(4,5)25/h15-17,21,25H,8-14H2,1-7H3/t21-,24+/m0/s1. The van der Waals surface area contributed by atoms with Crippen LogP contribution >= 0.6 is 0 Å². The van der Waals surface area contributed by atoms with Crippen molar-refractivity contribution in [2.24, 2.45) is 16.7 Å². The van der Waals surface area contributed by atoms with Gasteiger partial charge in [-0.3, -0.25) is 0 Å². The Morgan fingerprint density at radius 2 is 1.78 bits per heavy atom. The van der Waals surface area contributed by atoms with Crippen LogP contribution in [0.1, 0.15) is 78.7 Å². The van der Waals surface area contributed by atoms with Gasteiger partial charge in [-0.05, 0) is 87.3 Å². The van der Waals surface area contributed by atoms with E-state index in [2.05, 4.69) is 33.8 Å². The van der Waals surface area contributed by atoms with Gasteiger partial charge in [0.2, 0.25) is 0 Å². The molecule has 0 bridgehead atoms. The summed E-state index contributed by atoms with van der Waals surface area (Å²) in [4.78, 5) is 0. The Morgan fingerprint density at radius 3 is 2.41 bits per heavy atom. The van der Waals surface area contributed by atoms with E-state index in [0.29, 0.717) is 11.3 Å². The van der Waals surface area contributed by atoms with Gasteiger partial charge in [0.25, 0.3) is 0 Å². The van der Waals surface area contributed by atoms with Crippen LogP contribution in [0.15, 0.2) is 18.2 Å². The van der Waals surface area contributed by atoms with Gasteiger partial charge >= 0.3 is 0 Å². The monoisotopic (exact) mass is 376 g/mol. The Balaban J connectivity index is 2.05. The summed E-state index contributed by atoms with van der Waals surface area (Å²) >= 11 is 0. The van der Waals surface area contributed by atoms with Crippen molar-refractivity contribution in [3.05, 3.63) is 23.8 Å². The number of methoxy groups -OCH3 is 1. The average Bonchev–Trinajstić information content (AvgIpc) is 2.52. The topological polar surface area (TPSA) is 38.7 Å². The second-order valence-electron chi connectivity index (χ2n) is 10.2. The molecule has 1 aromatic carbocycles. The summed E-state index contributed by atoms with van der Waals surface area (Å²) in [5.41, 5.74) is 1.12. The zero-order valence-corrected chi connectivity index (χ0v) is 18.5. The van der Waals surface area contributed by atoms with Crippen molar-refractivity contribution in [3.63, 3.8) is 0 Å². The Bertz CT molecular complexity index is 615. The normalized spacial score (nSPS) is 25.3. The van der Waals surface area contributed by atoms with Crippen molar-refractivity contribution >= 4 is 0 Å². The molecule has 0 saturated heterocycles. The number of rotatable bonds is 8. The molecule has 0 aliphatic heterocycles. The third-order valence-electron chi connectivity index (χ3n) is 6.60. The highest BCUT2D eigenvalue weighted by atomic mass is 16.5. The third kappa shape index (κ3) is 6.14. The van der Waals surface area contributed by atoms with Crippen molar-refractivity contribution in [2.45, 2.75) is 85.7 Å². The molecular formula is C24H40O3. The van der Waals surface area contributed by atoms with E-state index in [1.165, 1.54) is 19.3 Å². The minimum absolute atomic E-state index is 0.251. The molecule has 0 heterocycles. The van der Waals surface area contributed by atoms with Crippen molar-refractivity contribution in [1.82, 2.24) is 0 Å². The van der Waals surface area contributed by atoms with Crippen LogP contribution in [0, 0.1) is 23.7 Å². The number of hydrogen-bond donors (Lipinski definition) is 1. The molecule has 1 saturated carbocycles. The Kier molecular flexibility index (Phi) is 6.89. The summed E-state index contributed by atoms with van der Waals surface area (Å²) in [6.07, 6.45) is 6.77. The lowest BCUT2D eigenvalue weighted by atomic mass is 9.54. The molecule has 154 valence electrons. The Hall–Kier alpha value is -1.22. The molecule has 1 aliphatic carbocycles. The number of ether oxygens (including phenoxy) is 2. The largest absolute Gasteiger partial charge is 0.497 e. The number of benzene rings is 1. The van der Waals surface area contributed by atoms with Crippen molar-refractivity contribution in [2.75, 3.05) is 13.7 Å². The van der Waals surface area contributed by atoms with Crippen LogP contribution in [0.25, 0.3) is 0 Å². The molecule has 1 aliphatic rings. The van der Waals surface area contributed by atoms with Gasteiger partial charge in [0.1, 0.15) is 11.5 Å². The van der Waals surface area contributed by atoms with Gasteiger partial charge in [-0.2, -0.15) is 0 Å². The van der Waals surface area contributed by atoms with Gasteiger partial charge < -0.3 is 14.6 Å². The molecule has 0 aromatic heterocycles. The summed E-state index contributed by atoms with van der Waals surface area (Å²) in [5, 5.41) is 10.3. The van der Waals surface area contributed by atoms with Crippen LogP contribution < -0.4 is 9.47 Å². The molecule has 0 unspecified atom stereocenters. The molecule has 2 atom stereocenters. The molecule has 3 heteroatoms. The second-order valence-corrected chi connectivity index (χ2v) is 10.2. The van der Waals surface area contributed by atoms with E-state index in [4.69, 9.17) is 9.47 Å². The predicted molar refractivity (Wildman–Crippen MR) is 113 cm³/mol. The maximum atomic E-state index is 10.3. The second kappa shape index (κ2) is 8.43. The molecule has 27 heavy (non-hydrogen) atoms. The lowest BCUT2D eigenvalue weighted by Gasteiger charge is -2.52. The minimum atomic E-state index is -0.594. The zero-order chi connectivity index (χ0) is 20.3. The SMILES string of the molecule is COc1cc(C)cc(OCC[C@@]2(C)CCCC(C)(C)[C@@H]2CCC(C)(C)O)c1. The van der Waals surface area contributed by atoms with E-state index < -0.39 is 5.60 Å². The molecule has 1 fully saturated rings. The quantitative estimate of drug-likeness (QED) is 0.591. The molecule has 3 nitrogen and oxygen atoms in total. The Labute approximate surface area is 166 Å². The molecule has 0 spiro atoms. The van der Waals surface area contributed by atoms with Gasteiger partial charge in [-0.1, -0.05) is 27.2 Å². The van der Waals surface area contributed by atoms with E-state index in [-0.39, 0.29) is 5.41 Å². The molecule has 1 aromatic rings. The number of aryl methyl sites for hydroxylation is 1. The van der Waals surface area contributed by atoms with Crippen molar-refractivity contribution < 1.29 is 14.6 Å². The first-order valence-electron chi connectivity index (χ1n) is 10.5. The summed E-state index contributed by atoms with van der Waals surface area (Å²) in [5.74, 6) is 2.33. The van der Waals surface area contributed by atoms with E-state index in [1.54, 1.807) is 7.11 Å². The maximum Gasteiger partial charge on any atom is 0.123 e. The molecular weight excluding hydrogens is 336 g/mol. The fourth-order valence-electron chi connectivity index (χ4n) is 5.09. The lowest BCUT2D eigenvalue weighted by molar-refractivity contribution is -0.0342. The first-order chi connectivity index (χ1) is 12.5. The van der Waals surface area contributed by atoms with Crippen LogP contribution in [0.4, 0.5) is 0 Å². The van der Waals surface area contributed by atoms with Crippen LogP contribution in [-0.2, 0) is 0 Å². The van der Waals surface area contributed by atoms with E-state index in [1.807, 2.05) is 26.0 Å². The summed E-state index contributed by atoms with van der Waals surface area (Å²) in [6, 6.07) is 6.05. The zero-order valence-electron chi connectivity index (χ0n) is 18.5. The predicted octanol–water partition coefficient (Wildman–Crippen LogP) is 6.16. The first-order valence-corrected chi connectivity index (χ1v) is 10.5. The summed E-state index contributed by atoms with van der Waals surface area (Å²) < 4.78 is 11.5. The van der Waals surface area contributed by atoms with Crippen LogP contribution in [0.2, 0.25) is 0 Å². The lowest BCUT2D eigenvalue weighted by Crippen LogP contribution is -2.43. The van der Waals surface area contributed by atoms with E-state index in [0.717, 1.165) is 42.9 Å². The fourth-order valence-corrected chi connectivity index (χ4v) is 5.09. The third-order valence-corrected chi connectivity index (χ3v) is 6.60. The van der Waals surface area contributed by atoms with Gasteiger partial charge in [0.15, 0.2) is 0 Å². The smallest absolute Gasteiger partial charge is 0.123 e. The Morgan fingerprint density at radius 1 is 1.11 bits per heavy atom. The number of aliphatic hydroxyl groups is 1.